The van der Waals surface area contributed by atoms with Gasteiger partial charge >= 0.3 is 0 Å². The van der Waals surface area contributed by atoms with E-state index in [1.807, 2.05) is 27.7 Å². The van der Waals surface area contributed by atoms with Crippen LogP contribution in [0.2, 0.25) is 0 Å². The van der Waals surface area contributed by atoms with E-state index in [2.05, 4.69) is 10.4 Å². The number of rotatable bonds is 7. The Hall–Kier alpha value is -2.70. The maximum atomic E-state index is 13.0. The Morgan fingerprint density at radius 3 is 2.42 bits per heavy atom. The molecule has 1 aromatic heterocycles. The van der Waals surface area contributed by atoms with Crippen LogP contribution in [0.25, 0.3) is 10.8 Å². The van der Waals surface area contributed by atoms with Crippen molar-refractivity contribution in [3.8, 4) is 0 Å². The van der Waals surface area contributed by atoms with Gasteiger partial charge in [-0.3, -0.25) is 14.4 Å². The Balaban J connectivity index is 2.46. The van der Waals surface area contributed by atoms with Crippen LogP contribution < -0.4 is 10.9 Å². The van der Waals surface area contributed by atoms with Gasteiger partial charge in [0.05, 0.1) is 11.9 Å². The molecule has 0 saturated carbocycles. The van der Waals surface area contributed by atoms with Crippen LogP contribution in [-0.2, 0) is 11.3 Å². The summed E-state index contributed by atoms with van der Waals surface area (Å²) in [5.41, 5.74) is -0.00699. The van der Waals surface area contributed by atoms with E-state index in [9.17, 15) is 14.4 Å². The molecule has 2 amide bonds. The summed E-state index contributed by atoms with van der Waals surface area (Å²) in [5.74, 6) is -0.575. The Bertz CT molecular complexity index is 857. The minimum Gasteiger partial charge on any atom is -0.352 e. The van der Waals surface area contributed by atoms with Gasteiger partial charge in [-0.1, -0.05) is 25.1 Å². The molecule has 0 spiro atoms. The number of carbonyl (C=O) groups is 2. The SMILES string of the molecule is CCCn1nc(C(=O)N(CC)CC(=O)NC(C)C)c2ccccc2c1=O. The summed E-state index contributed by atoms with van der Waals surface area (Å²) >= 11 is 0. The topological polar surface area (TPSA) is 84.3 Å². The van der Waals surface area contributed by atoms with Crippen LogP contribution >= 0.6 is 0 Å². The lowest BCUT2D eigenvalue weighted by Crippen LogP contribution is -2.43. The third kappa shape index (κ3) is 4.28. The number of hydrogen-bond acceptors (Lipinski definition) is 4. The highest BCUT2D eigenvalue weighted by Gasteiger charge is 2.23. The summed E-state index contributed by atoms with van der Waals surface area (Å²) in [6, 6.07) is 6.95. The molecule has 0 unspecified atom stereocenters. The number of nitrogens with one attached hydrogen (secondary N) is 1. The number of amides is 2. The molecule has 1 N–H and O–H groups in total. The molecule has 7 nitrogen and oxygen atoms in total. The van der Waals surface area contributed by atoms with Gasteiger partial charge in [0, 0.05) is 24.5 Å². The van der Waals surface area contributed by atoms with E-state index < -0.39 is 0 Å². The second-order valence-electron chi connectivity index (χ2n) is 6.46. The van der Waals surface area contributed by atoms with Crippen molar-refractivity contribution in [2.45, 2.75) is 46.7 Å². The van der Waals surface area contributed by atoms with Crippen LogP contribution in [0.1, 0.15) is 44.6 Å². The van der Waals surface area contributed by atoms with Crippen molar-refractivity contribution in [3.05, 3.63) is 40.3 Å². The zero-order valence-electron chi connectivity index (χ0n) is 15.8. The molecule has 1 heterocycles. The van der Waals surface area contributed by atoms with Crippen molar-refractivity contribution in [2.24, 2.45) is 0 Å². The number of nitrogens with zero attached hydrogens (tertiary/aromatic N) is 3. The molecule has 140 valence electrons. The summed E-state index contributed by atoms with van der Waals surface area (Å²) in [6.07, 6.45) is 0.729. The van der Waals surface area contributed by atoms with E-state index in [4.69, 9.17) is 0 Å². The van der Waals surface area contributed by atoms with Gasteiger partial charge in [-0.25, -0.2) is 4.68 Å². The van der Waals surface area contributed by atoms with Gasteiger partial charge < -0.3 is 10.2 Å². The highest BCUT2D eigenvalue weighted by atomic mass is 16.2. The summed E-state index contributed by atoms with van der Waals surface area (Å²) in [7, 11) is 0. The molecule has 1 aromatic carbocycles. The van der Waals surface area contributed by atoms with Crippen LogP contribution in [0.3, 0.4) is 0 Å². The average molecular weight is 358 g/mol. The predicted molar refractivity (Wildman–Crippen MR) is 101 cm³/mol. The van der Waals surface area contributed by atoms with E-state index in [0.29, 0.717) is 23.9 Å². The third-order valence-electron chi connectivity index (χ3n) is 3.96. The first-order valence-corrected chi connectivity index (χ1v) is 8.97. The first kappa shape index (κ1) is 19.6. The Labute approximate surface area is 153 Å². The molecular formula is C19H26N4O3. The number of carbonyl (C=O) groups excluding carboxylic acids is 2. The summed E-state index contributed by atoms with van der Waals surface area (Å²) in [5, 5.41) is 8.06. The molecule has 0 aliphatic heterocycles. The molecule has 2 aromatic rings. The standard InChI is InChI=1S/C19H26N4O3/c1-5-11-23-18(25)15-10-8-7-9-14(15)17(21-23)19(26)22(6-2)12-16(24)20-13(3)4/h7-10,13H,5-6,11-12H2,1-4H3,(H,20,24). The molecule has 0 saturated heterocycles. The van der Waals surface area contributed by atoms with Crippen molar-refractivity contribution in [3.63, 3.8) is 0 Å². The number of hydrogen-bond donors (Lipinski definition) is 1. The van der Waals surface area contributed by atoms with E-state index in [-0.39, 0.29) is 35.7 Å². The Morgan fingerprint density at radius 1 is 1.19 bits per heavy atom. The van der Waals surface area contributed by atoms with Gasteiger partial charge in [0.2, 0.25) is 5.91 Å². The van der Waals surface area contributed by atoms with Crippen molar-refractivity contribution < 1.29 is 9.59 Å². The zero-order valence-corrected chi connectivity index (χ0v) is 15.8. The lowest BCUT2D eigenvalue weighted by Gasteiger charge is -2.21. The fourth-order valence-corrected chi connectivity index (χ4v) is 2.77. The maximum absolute atomic E-state index is 13.0. The lowest BCUT2D eigenvalue weighted by molar-refractivity contribution is -0.122. The van der Waals surface area contributed by atoms with Crippen molar-refractivity contribution in [1.29, 1.82) is 0 Å². The lowest BCUT2D eigenvalue weighted by atomic mass is 10.1. The first-order valence-electron chi connectivity index (χ1n) is 8.97. The third-order valence-corrected chi connectivity index (χ3v) is 3.96. The van der Waals surface area contributed by atoms with Gasteiger partial charge in [0.25, 0.3) is 11.5 Å². The Kier molecular flexibility index (Phi) is 6.49. The molecule has 26 heavy (non-hydrogen) atoms. The summed E-state index contributed by atoms with van der Waals surface area (Å²) in [6.45, 7) is 8.25. The molecule has 0 atom stereocenters. The average Bonchev–Trinajstić information content (AvgIpc) is 2.61. The van der Waals surface area contributed by atoms with Gasteiger partial charge in [0.1, 0.15) is 0 Å². The number of fused-ring (bicyclic) bond motifs is 1. The quantitative estimate of drug-likeness (QED) is 0.818. The van der Waals surface area contributed by atoms with Gasteiger partial charge in [0.15, 0.2) is 5.69 Å². The van der Waals surface area contributed by atoms with Crippen molar-refractivity contribution in [1.82, 2.24) is 20.0 Å². The van der Waals surface area contributed by atoms with Crippen molar-refractivity contribution in [2.75, 3.05) is 13.1 Å². The molecule has 7 heteroatoms. The van der Waals surface area contributed by atoms with Crippen LogP contribution in [0.15, 0.2) is 29.1 Å². The monoisotopic (exact) mass is 358 g/mol. The minimum atomic E-state index is -0.354. The largest absolute Gasteiger partial charge is 0.352 e. The van der Waals surface area contributed by atoms with Crippen molar-refractivity contribution >= 4 is 22.6 Å². The summed E-state index contributed by atoms with van der Waals surface area (Å²) < 4.78 is 1.33. The first-order chi connectivity index (χ1) is 12.4. The van der Waals surface area contributed by atoms with Gasteiger partial charge in [-0.05, 0) is 33.3 Å². The molecule has 0 aliphatic carbocycles. The van der Waals surface area contributed by atoms with E-state index in [1.54, 1.807) is 24.3 Å². The number of benzene rings is 1. The maximum Gasteiger partial charge on any atom is 0.275 e. The predicted octanol–water partition coefficient (Wildman–Crippen LogP) is 1.79. The van der Waals surface area contributed by atoms with Gasteiger partial charge in [-0.15, -0.1) is 0 Å². The molecule has 0 aliphatic rings. The van der Waals surface area contributed by atoms with Crippen LogP contribution in [0, 0.1) is 0 Å². The number of aryl methyl sites for hydroxylation is 1. The fourth-order valence-electron chi connectivity index (χ4n) is 2.77. The van der Waals surface area contributed by atoms with E-state index in [0.717, 1.165) is 6.42 Å². The Morgan fingerprint density at radius 2 is 1.85 bits per heavy atom. The second kappa shape index (κ2) is 8.60. The number of aromatic nitrogens is 2. The smallest absolute Gasteiger partial charge is 0.275 e. The second-order valence-corrected chi connectivity index (χ2v) is 6.46. The van der Waals surface area contributed by atoms with Gasteiger partial charge in [-0.2, -0.15) is 5.10 Å². The molecule has 2 rings (SSSR count). The van der Waals surface area contributed by atoms with E-state index >= 15 is 0 Å². The fraction of sp³-hybridized carbons (Fsp3) is 0.474. The summed E-state index contributed by atoms with van der Waals surface area (Å²) in [4.78, 5) is 39.1. The van der Waals surface area contributed by atoms with Crippen LogP contribution in [-0.4, -0.2) is 45.6 Å². The molecule has 0 fully saturated rings. The molecule has 0 radical (unpaired) electrons. The van der Waals surface area contributed by atoms with Crippen LogP contribution in [0.5, 0.6) is 0 Å². The van der Waals surface area contributed by atoms with E-state index in [1.165, 1.54) is 9.58 Å². The normalized spacial score (nSPS) is 11.0. The number of likely N-dealkylation sites (N-methyl/N-ethyl adjacent to an activating group) is 1. The molecule has 0 bridgehead atoms. The minimum absolute atomic E-state index is 0.00159. The molecular weight excluding hydrogens is 332 g/mol. The highest BCUT2D eigenvalue weighted by Crippen LogP contribution is 2.15. The zero-order chi connectivity index (χ0) is 19.3. The highest BCUT2D eigenvalue weighted by molar-refractivity contribution is 6.05. The van der Waals surface area contributed by atoms with Crippen LogP contribution in [0.4, 0.5) is 0 Å².